The minimum absolute atomic E-state index is 0.0929. The van der Waals surface area contributed by atoms with Gasteiger partial charge in [-0.1, -0.05) is 24.3 Å². The lowest BCUT2D eigenvalue weighted by atomic mass is 9.79. The van der Waals surface area contributed by atoms with Crippen LogP contribution in [0.5, 0.6) is 0 Å². The number of hydrogen-bond donors (Lipinski definition) is 0. The Hall–Kier alpha value is -1.39. The summed E-state index contributed by atoms with van der Waals surface area (Å²) in [6.07, 6.45) is 5.35. The molecule has 0 radical (unpaired) electrons. The second kappa shape index (κ2) is 7.08. The number of nitrogens with zero attached hydrogens (tertiary/aromatic N) is 1. The first-order chi connectivity index (χ1) is 12.2. The average molecular weight is 343 g/mol. The molecule has 3 aliphatic rings. The fraction of sp³-hybridized carbons (Fsp3) is 0.667. The molecule has 4 rings (SSSR count). The zero-order valence-electron chi connectivity index (χ0n) is 15.2. The highest BCUT2D eigenvalue weighted by Crippen LogP contribution is 2.42. The Kier molecular flexibility index (Phi) is 4.83. The van der Waals surface area contributed by atoms with E-state index in [1.54, 1.807) is 0 Å². The second-order valence-electron chi connectivity index (χ2n) is 8.06. The lowest BCUT2D eigenvalue weighted by Crippen LogP contribution is -2.66. The van der Waals surface area contributed by atoms with E-state index in [0.717, 1.165) is 57.2 Å². The molecule has 1 saturated carbocycles. The van der Waals surface area contributed by atoms with Gasteiger partial charge < -0.3 is 14.4 Å². The maximum absolute atomic E-state index is 12.6. The summed E-state index contributed by atoms with van der Waals surface area (Å²) in [5.41, 5.74) is 2.23. The first-order valence-electron chi connectivity index (χ1n) is 9.70. The molecule has 4 heteroatoms. The van der Waals surface area contributed by atoms with E-state index in [9.17, 15) is 4.79 Å². The van der Waals surface area contributed by atoms with E-state index < -0.39 is 0 Å². The van der Waals surface area contributed by atoms with Crippen LogP contribution in [0.4, 0.5) is 0 Å². The van der Waals surface area contributed by atoms with Gasteiger partial charge in [0.1, 0.15) is 5.60 Å². The van der Waals surface area contributed by atoms with Crippen molar-refractivity contribution in [3.8, 4) is 0 Å². The first kappa shape index (κ1) is 17.0. The summed E-state index contributed by atoms with van der Waals surface area (Å²) in [7, 11) is 0. The maximum Gasteiger partial charge on any atom is 0.227 e. The van der Waals surface area contributed by atoms with E-state index in [1.807, 2.05) is 17.0 Å². The first-order valence-corrected chi connectivity index (χ1v) is 9.70. The Bertz CT molecular complexity index is 619. The molecule has 136 valence electrons. The molecular formula is C21H29NO3. The molecule has 1 atom stereocenters. The Morgan fingerprint density at radius 2 is 2.08 bits per heavy atom. The second-order valence-corrected chi connectivity index (χ2v) is 8.06. The molecule has 0 bridgehead atoms. The van der Waals surface area contributed by atoms with Gasteiger partial charge in [-0.2, -0.15) is 0 Å². The van der Waals surface area contributed by atoms with Crippen LogP contribution >= 0.6 is 0 Å². The van der Waals surface area contributed by atoms with Crippen molar-refractivity contribution in [2.75, 3.05) is 32.9 Å². The lowest BCUT2D eigenvalue weighted by molar-refractivity contribution is -0.165. The smallest absolute Gasteiger partial charge is 0.227 e. The Morgan fingerprint density at radius 3 is 2.84 bits per heavy atom. The molecule has 3 fully saturated rings. The number of aryl methyl sites for hydroxylation is 1. The highest BCUT2D eigenvalue weighted by molar-refractivity contribution is 5.80. The largest absolute Gasteiger partial charge is 0.381 e. The third-order valence-electron chi connectivity index (χ3n) is 6.13. The Balaban J connectivity index is 1.25. The topological polar surface area (TPSA) is 38.8 Å². The normalized spacial score (nSPS) is 24.5. The molecule has 1 spiro atoms. The maximum atomic E-state index is 12.6. The SMILES string of the molecule is Cc1ccccc1CC(=O)N1CC2(C1)OCC[C@@H]2CCOCC1CC1. The van der Waals surface area contributed by atoms with Crippen molar-refractivity contribution < 1.29 is 14.3 Å². The zero-order valence-corrected chi connectivity index (χ0v) is 15.2. The van der Waals surface area contributed by atoms with Gasteiger partial charge in [-0.25, -0.2) is 0 Å². The molecule has 0 unspecified atom stereocenters. The number of rotatable bonds is 7. The van der Waals surface area contributed by atoms with Crippen molar-refractivity contribution in [3.05, 3.63) is 35.4 Å². The van der Waals surface area contributed by atoms with Crippen LogP contribution in [0.25, 0.3) is 0 Å². The van der Waals surface area contributed by atoms with Crippen molar-refractivity contribution in [1.82, 2.24) is 4.90 Å². The minimum Gasteiger partial charge on any atom is -0.381 e. The molecule has 25 heavy (non-hydrogen) atoms. The fourth-order valence-corrected chi connectivity index (χ4v) is 4.16. The third kappa shape index (κ3) is 3.75. The van der Waals surface area contributed by atoms with Crippen LogP contribution in [0.2, 0.25) is 0 Å². The lowest BCUT2D eigenvalue weighted by Gasteiger charge is -2.50. The number of amides is 1. The molecule has 1 aromatic carbocycles. The molecular weight excluding hydrogens is 314 g/mol. The van der Waals surface area contributed by atoms with Crippen LogP contribution in [0.1, 0.15) is 36.8 Å². The van der Waals surface area contributed by atoms with Gasteiger partial charge >= 0.3 is 0 Å². The summed E-state index contributed by atoms with van der Waals surface area (Å²) in [6.45, 7) is 6.17. The fourth-order valence-electron chi connectivity index (χ4n) is 4.16. The van der Waals surface area contributed by atoms with Crippen LogP contribution in [0, 0.1) is 18.8 Å². The highest BCUT2D eigenvalue weighted by atomic mass is 16.5. The van der Waals surface area contributed by atoms with Gasteiger partial charge in [-0.3, -0.25) is 4.79 Å². The Labute approximate surface area is 150 Å². The van der Waals surface area contributed by atoms with Crippen molar-refractivity contribution in [1.29, 1.82) is 0 Å². The molecule has 2 aliphatic heterocycles. The number of carbonyl (C=O) groups is 1. The van der Waals surface area contributed by atoms with Crippen LogP contribution < -0.4 is 0 Å². The van der Waals surface area contributed by atoms with Gasteiger partial charge in [0, 0.05) is 19.8 Å². The Morgan fingerprint density at radius 1 is 1.28 bits per heavy atom. The van der Waals surface area contributed by atoms with E-state index in [4.69, 9.17) is 9.47 Å². The number of benzene rings is 1. The number of hydrogen-bond acceptors (Lipinski definition) is 3. The number of ether oxygens (including phenoxy) is 2. The van der Waals surface area contributed by atoms with E-state index in [-0.39, 0.29) is 11.5 Å². The zero-order chi connectivity index (χ0) is 17.3. The van der Waals surface area contributed by atoms with Crippen LogP contribution in [0.3, 0.4) is 0 Å². The summed E-state index contributed by atoms with van der Waals surface area (Å²) in [5, 5.41) is 0. The summed E-state index contributed by atoms with van der Waals surface area (Å²) in [5.74, 6) is 1.58. The van der Waals surface area contributed by atoms with E-state index >= 15 is 0 Å². The molecule has 1 aromatic rings. The van der Waals surface area contributed by atoms with Gasteiger partial charge in [0.2, 0.25) is 5.91 Å². The van der Waals surface area contributed by atoms with Gasteiger partial charge in [0.25, 0.3) is 0 Å². The van der Waals surface area contributed by atoms with E-state index in [2.05, 4.69) is 19.1 Å². The number of carbonyl (C=O) groups excluding carboxylic acids is 1. The summed E-state index contributed by atoms with van der Waals surface area (Å²) in [6, 6.07) is 8.14. The molecule has 0 aromatic heterocycles. The quantitative estimate of drug-likeness (QED) is 0.715. The van der Waals surface area contributed by atoms with E-state index in [0.29, 0.717) is 12.3 Å². The number of likely N-dealkylation sites (tertiary alicyclic amines) is 1. The summed E-state index contributed by atoms with van der Waals surface area (Å²) >= 11 is 0. The van der Waals surface area contributed by atoms with Crippen molar-refractivity contribution in [2.45, 2.75) is 44.6 Å². The highest BCUT2D eigenvalue weighted by Gasteiger charge is 2.53. The summed E-state index contributed by atoms with van der Waals surface area (Å²) < 4.78 is 11.9. The van der Waals surface area contributed by atoms with Crippen molar-refractivity contribution in [3.63, 3.8) is 0 Å². The summed E-state index contributed by atoms with van der Waals surface area (Å²) in [4.78, 5) is 14.5. The molecule has 2 saturated heterocycles. The van der Waals surface area contributed by atoms with Crippen LogP contribution in [-0.2, 0) is 20.7 Å². The molecule has 1 aliphatic carbocycles. The molecule has 2 heterocycles. The van der Waals surface area contributed by atoms with Crippen LogP contribution in [-0.4, -0.2) is 49.3 Å². The van der Waals surface area contributed by atoms with Crippen molar-refractivity contribution in [2.24, 2.45) is 11.8 Å². The minimum atomic E-state index is -0.0929. The molecule has 0 N–H and O–H groups in total. The van der Waals surface area contributed by atoms with E-state index in [1.165, 1.54) is 18.4 Å². The van der Waals surface area contributed by atoms with Crippen molar-refractivity contribution >= 4 is 5.91 Å². The van der Waals surface area contributed by atoms with Gasteiger partial charge in [0.05, 0.1) is 19.5 Å². The molecule has 4 nitrogen and oxygen atoms in total. The predicted molar refractivity (Wildman–Crippen MR) is 96.4 cm³/mol. The van der Waals surface area contributed by atoms with Gasteiger partial charge in [-0.15, -0.1) is 0 Å². The monoisotopic (exact) mass is 343 g/mol. The predicted octanol–water partition coefficient (Wildman–Crippen LogP) is 2.97. The standard InChI is InChI=1S/C21H29NO3/c1-16-4-2-3-5-18(16)12-20(23)22-14-21(15-22)19(9-11-25-21)8-10-24-13-17-6-7-17/h2-5,17,19H,6-15H2,1H3/t19-/m0/s1. The average Bonchev–Trinajstić information content (AvgIpc) is 3.29. The van der Waals surface area contributed by atoms with Gasteiger partial charge in [0.15, 0.2) is 0 Å². The van der Waals surface area contributed by atoms with Gasteiger partial charge in [-0.05, 0) is 55.6 Å². The third-order valence-corrected chi connectivity index (χ3v) is 6.13. The molecule has 1 amide bonds. The van der Waals surface area contributed by atoms with Crippen LogP contribution in [0.15, 0.2) is 24.3 Å².